The van der Waals surface area contributed by atoms with E-state index in [0.717, 1.165) is 0 Å². The lowest BCUT2D eigenvalue weighted by Crippen LogP contribution is -1.98. The summed E-state index contributed by atoms with van der Waals surface area (Å²) in [6.07, 6.45) is 3.56. The van der Waals surface area contributed by atoms with E-state index < -0.39 is 5.97 Å². The molecule has 1 aromatic rings. The molecule has 0 atom stereocenters. The highest BCUT2D eigenvalue weighted by Crippen LogP contribution is 2.22. The van der Waals surface area contributed by atoms with Crippen LogP contribution in [-0.4, -0.2) is 16.9 Å². The van der Waals surface area contributed by atoms with Crippen LogP contribution in [0.15, 0.2) is 24.3 Å². The number of halogens is 2. The normalized spacial score (nSPS) is 10.8. The Bertz CT molecular complexity index is 481. The van der Waals surface area contributed by atoms with E-state index in [-0.39, 0.29) is 18.6 Å². The summed E-state index contributed by atoms with van der Waals surface area (Å²) < 4.78 is 0. The number of aliphatic carboxylic acids is 1. The summed E-state index contributed by atoms with van der Waals surface area (Å²) in [6, 6.07) is 4.99. The van der Waals surface area contributed by atoms with E-state index in [1.807, 2.05) is 0 Å². The van der Waals surface area contributed by atoms with Gasteiger partial charge in [-0.25, -0.2) is 0 Å². The summed E-state index contributed by atoms with van der Waals surface area (Å²) >= 11 is 11.7. The van der Waals surface area contributed by atoms with E-state index in [4.69, 9.17) is 28.3 Å². The quantitative estimate of drug-likeness (QED) is 0.809. The van der Waals surface area contributed by atoms with Gasteiger partial charge in [-0.2, -0.15) is 0 Å². The third-order valence-corrected chi connectivity index (χ3v) is 2.79. The molecule has 0 spiro atoms. The van der Waals surface area contributed by atoms with E-state index in [2.05, 4.69) is 0 Å². The Hall–Kier alpha value is -1.32. The van der Waals surface area contributed by atoms with Gasteiger partial charge in [-0.05, 0) is 36.3 Å². The largest absolute Gasteiger partial charge is 0.481 e. The highest BCUT2D eigenvalue weighted by atomic mass is 35.5. The zero-order valence-electron chi connectivity index (χ0n) is 9.53. The first-order chi connectivity index (χ1) is 8.49. The van der Waals surface area contributed by atoms with Gasteiger partial charge in [0.15, 0.2) is 5.78 Å². The first-order valence-corrected chi connectivity index (χ1v) is 6.12. The summed E-state index contributed by atoms with van der Waals surface area (Å²) in [6.45, 7) is 0. The molecule has 0 aliphatic heterocycles. The average molecular weight is 287 g/mol. The molecule has 0 heterocycles. The summed E-state index contributed by atoms with van der Waals surface area (Å²) in [4.78, 5) is 21.7. The summed E-state index contributed by atoms with van der Waals surface area (Å²) in [5, 5.41) is 9.44. The van der Waals surface area contributed by atoms with Crippen LogP contribution in [0.1, 0.15) is 24.8 Å². The van der Waals surface area contributed by atoms with Crippen LogP contribution in [0.25, 0.3) is 6.08 Å². The molecule has 5 heteroatoms. The summed E-state index contributed by atoms with van der Waals surface area (Å²) in [5.74, 6) is -1.02. The molecular formula is C13H12Cl2O3. The molecule has 1 N–H and O–H groups in total. The van der Waals surface area contributed by atoms with Gasteiger partial charge in [0.2, 0.25) is 0 Å². The van der Waals surface area contributed by atoms with Gasteiger partial charge in [0.05, 0.1) is 0 Å². The van der Waals surface area contributed by atoms with Crippen molar-refractivity contribution in [1.82, 2.24) is 0 Å². The maximum absolute atomic E-state index is 11.4. The van der Waals surface area contributed by atoms with Crippen LogP contribution in [0.4, 0.5) is 0 Å². The number of rotatable bonds is 6. The highest BCUT2D eigenvalue weighted by Gasteiger charge is 2.02. The molecule has 0 aliphatic rings. The number of benzene rings is 1. The maximum Gasteiger partial charge on any atom is 0.303 e. The third-order valence-electron chi connectivity index (χ3n) is 2.23. The van der Waals surface area contributed by atoms with Crippen molar-refractivity contribution in [1.29, 1.82) is 0 Å². The van der Waals surface area contributed by atoms with E-state index >= 15 is 0 Å². The van der Waals surface area contributed by atoms with Gasteiger partial charge in [0.1, 0.15) is 0 Å². The molecule has 1 rings (SSSR count). The zero-order chi connectivity index (χ0) is 13.5. The van der Waals surface area contributed by atoms with Gasteiger partial charge in [-0.15, -0.1) is 0 Å². The monoisotopic (exact) mass is 286 g/mol. The van der Waals surface area contributed by atoms with Gasteiger partial charge < -0.3 is 5.11 Å². The van der Waals surface area contributed by atoms with Crippen molar-refractivity contribution < 1.29 is 14.7 Å². The predicted molar refractivity (Wildman–Crippen MR) is 72.0 cm³/mol. The van der Waals surface area contributed by atoms with Gasteiger partial charge in [0.25, 0.3) is 0 Å². The first-order valence-electron chi connectivity index (χ1n) is 5.37. The molecule has 0 saturated heterocycles. The maximum atomic E-state index is 11.4. The second-order valence-electron chi connectivity index (χ2n) is 3.71. The second-order valence-corrected chi connectivity index (χ2v) is 4.56. The Morgan fingerprint density at radius 2 is 1.94 bits per heavy atom. The van der Waals surface area contributed by atoms with Crippen molar-refractivity contribution in [2.45, 2.75) is 19.3 Å². The van der Waals surface area contributed by atoms with Crippen molar-refractivity contribution in [3.63, 3.8) is 0 Å². The molecule has 0 fully saturated rings. The minimum Gasteiger partial charge on any atom is -0.481 e. The molecule has 18 heavy (non-hydrogen) atoms. The van der Waals surface area contributed by atoms with Crippen LogP contribution < -0.4 is 0 Å². The van der Waals surface area contributed by atoms with Crippen LogP contribution in [0, 0.1) is 0 Å². The van der Waals surface area contributed by atoms with E-state index in [9.17, 15) is 9.59 Å². The lowest BCUT2D eigenvalue weighted by atomic mass is 10.1. The molecule has 0 unspecified atom stereocenters. The number of carboxylic acid groups (broad SMARTS) is 1. The lowest BCUT2D eigenvalue weighted by molar-refractivity contribution is -0.137. The number of carbonyl (C=O) groups is 2. The average Bonchev–Trinajstić information content (AvgIpc) is 2.27. The van der Waals surface area contributed by atoms with Crippen LogP contribution in [0.5, 0.6) is 0 Å². The van der Waals surface area contributed by atoms with Crippen molar-refractivity contribution in [3.8, 4) is 0 Å². The van der Waals surface area contributed by atoms with E-state index in [0.29, 0.717) is 22.0 Å². The molecule has 0 amide bonds. The fourth-order valence-electron chi connectivity index (χ4n) is 1.32. The topological polar surface area (TPSA) is 54.4 Å². The zero-order valence-corrected chi connectivity index (χ0v) is 11.0. The van der Waals surface area contributed by atoms with Crippen molar-refractivity contribution in [2.75, 3.05) is 0 Å². The Balaban J connectivity index is 2.53. The first kappa shape index (κ1) is 14.7. The molecule has 1 aromatic carbocycles. The number of hydrogen-bond donors (Lipinski definition) is 1. The molecule has 0 aromatic heterocycles. The minimum atomic E-state index is -0.896. The number of carbonyl (C=O) groups excluding carboxylic acids is 1. The minimum absolute atomic E-state index is 0.00127. The highest BCUT2D eigenvalue weighted by molar-refractivity contribution is 6.35. The predicted octanol–water partition coefficient (Wildman–Crippen LogP) is 3.83. The standard InChI is InChI=1S/C13H12Cl2O3/c14-10-6-4-9(12(15)8-10)5-7-11(16)2-1-3-13(17)18/h4-8H,1-3H2,(H,17,18)/b7-5+. The lowest BCUT2D eigenvalue weighted by Gasteiger charge is -1.98. The molecule has 0 saturated carbocycles. The van der Waals surface area contributed by atoms with Gasteiger partial charge in [0, 0.05) is 22.9 Å². The number of carboxylic acids is 1. The fourth-order valence-corrected chi connectivity index (χ4v) is 1.79. The number of ketones is 1. The molecule has 0 radical (unpaired) electrons. The fraction of sp³-hybridized carbons (Fsp3) is 0.231. The molecular weight excluding hydrogens is 275 g/mol. The SMILES string of the molecule is O=C(O)CCCC(=O)/C=C/c1ccc(Cl)cc1Cl. The molecule has 96 valence electrons. The Morgan fingerprint density at radius 3 is 2.56 bits per heavy atom. The van der Waals surface area contributed by atoms with Crippen molar-refractivity contribution in [3.05, 3.63) is 39.9 Å². The smallest absolute Gasteiger partial charge is 0.303 e. The van der Waals surface area contributed by atoms with E-state index in [1.165, 1.54) is 6.08 Å². The third kappa shape index (κ3) is 5.34. The Morgan fingerprint density at radius 1 is 1.22 bits per heavy atom. The molecule has 3 nitrogen and oxygen atoms in total. The van der Waals surface area contributed by atoms with Gasteiger partial charge in [-0.3, -0.25) is 9.59 Å². The van der Waals surface area contributed by atoms with Crippen molar-refractivity contribution in [2.24, 2.45) is 0 Å². The summed E-state index contributed by atoms with van der Waals surface area (Å²) in [5.41, 5.74) is 0.702. The number of hydrogen-bond acceptors (Lipinski definition) is 2. The van der Waals surface area contributed by atoms with Crippen LogP contribution in [0.3, 0.4) is 0 Å². The van der Waals surface area contributed by atoms with Crippen LogP contribution in [0.2, 0.25) is 10.0 Å². The Labute approximate surface area is 115 Å². The van der Waals surface area contributed by atoms with Crippen LogP contribution in [-0.2, 0) is 9.59 Å². The van der Waals surface area contributed by atoms with Crippen LogP contribution >= 0.6 is 23.2 Å². The second kappa shape index (κ2) is 7.19. The summed E-state index contributed by atoms with van der Waals surface area (Å²) in [7, 11) is 0. The Kier molecular flexibility index (Phi) is 5.89. The van der Waals surface area contributed by atoms with Gasteiger partial charge in [-0.1, -0.05) is 29.3 Å². The number of allylic oxidation sites excluding steroid dienone is 1. The molecule has 0 aliphatic carbocycles. The molecule has 0 bridgehead atoms. The van der Waals surface area contributed by atoms with Crippen molar-refractivity contribution >= 4 is 41.0 Å². The van der Waals surface area contributed by atoms with Gasteiger partial charge >= 0.3 is 5.97 Å². The van der Waals surface area contributed by atoms with E-state index in [1.54, 1.807) is 24.3 Å².